The average Bonchev–Trinajstić information content (AvgIpc) is 2.75. The van der Waals surface area contributed by atoms with E-state index in [-0.39, 0.29) is 12.1 Å². The van der Waals surface area contributed by atoms with Crippen LogP contribution in [0.4, 0.5) is 4.79 Å². The summed E-state index contributed by atoms with van der Waals surface area (Å²) >= 11 is 0. The first-order valence-electron chi connectivity index (χ1n) is 6.29. The zero-order valence-corrected chi connectivity index (χ0v) is 11.0. The molecule has 1 unspecified atom stereocenters. The first kappa shape index (κ1) is 14.5. The van der Waals surface area contributed by atoms with Gasteiger partial charge in [-0.2, -0.15) is 5.10 Å². The number of aryl methyl sites for hydroxylation is 1. The highest BCUT2D eigenvalue weighted by Crippen LogP contribution is 1.96. The molecule has 2 amide bonds. The monoisotopic (exact) mass is 254 g/mol. The van der Waals surface area contributed by atoms with Gasteiger partial charge in [0.15, 0.2) is 0 Å². The number of rotatable bonds is 7. The van der Waals surface area contributed by atoms with Gasteiger partial charge in [-0.1, -0.05) is 6.92 Å². The SMILES string of the molecule is CCC(O)CCNC(=O)NCCc1cnn(C)c1. The van der Waals surface area contributed by atoms with Crippen molar-refractivity contribution >= 4 is 6.03 Å². The molecule has 1 rings (SSSR count). The summed E-state index contributed by atoms with van der Waals surface area (Å²) in [5.41, 5.74) is 1.10. The Morgan fingerprint density at radius 3 is 2.83 bits per heavy atom. The number of nitrogens with one attached hydrogen (secondary N) is 2. The van der Waals surface area contributed by atoms with Gasteiger partial charge in [-0.25, -0.2) is 4.79 Å². The zero-order chi connectivity index (χ0) is 13.4. The van der Waals surface area contributed by atoms with Crippen LogP contribution in [0.1, 0.15) is 25.3 Å². The van der Waals surface area contributed by atoms with Crippen molar-refractivity contribution in [3.05, 3.63) is 18.0 Å². The number of amides is 2. The topological polar surface area (TPSA) is 79.2 Å². The van der Waals surface area contributed by atoms with Gasteiger partial charge in [0.05, 0.1) is 12.3 Å². The van der Waals surface area contributed by atoms with Crippen molar-refractivity contribution in [3.63, 3.8) is 0 Å². The summed E-state index contributed by atoms with van der Waals surface area (Å²) in [5.74, 6) is 0. The van der Waals surface area contributed by atoms with Gasteiger partial charge in [0.2, 0.25) is 0 Å². The normalized spacial score (nSPS) is 12.2. The lowest BCUT2D eigenvalue weighted by Crippen LogP contribution is -2.37. The lowest BCUT2D eigenvalue weighted by molar-refractivity contribution is 0.160. The molecule has 0 aliphatic rings. The summed E-state index contributed by atoms with van der Waals surface area (Å²) < 4.78 is 1.74. The molecular weight excluding hydrogens is 232 g/mol. The maximum Gasteiger partial charge on any atom is 0.314 e. The van der Waals surface area contributed by atoms with Crippen LogP contribution in [0.3, 0.4) is 0 Å². The summed E-state index contributed by atoms with van der Waals surface area (Å²) in [6, 6.07) is -0.192. The Labute approximate surface area is 107 Å². The molecule has 18 heavy (non-hydrogen) atoms. The van der Waals surface area contributed by atoms with Gasteiger partial charge in [-0.15, -0.1) is 0 Å². The molecule has 1 heterocycles. The second-order valence-electron chi connectivity index (χ2n) is 4.31. The number of hydrogen-bond acceptors (Lipinski definition) is 3. The van der Waals surface area contributed by atoms with Gasteiger partial charge >= 0.3 is 6.03 Å². The summed E-state index contributed by atoms with van der Waals surface area (Å²) in [6.07, 6.45) is 5.45. The van der Waals surface area contributed by atoms with E-state index in [1.54, 1.807) is 10.9 Å². The van der Waals surface area contributed by atoms with E-state index in [9.17, 15) is 9.90 Å². The van der Waals surface area contributed by atoms with Crippen LogP contribution >= 0.6 is 0 Å². The van der Waals surface area contributed by atoms with E-state index < -0.39 is 0 Å². The van der Waals surface area contributed by atoms with Gasteiger partial charge < -0.3 is 15.7 Å². The smallest absolute Gasteiger partial charge is 0.314 e. The highest BCUT2D eigenvalue weighted by atomic mass is 16.3. The highest BCUT2D eigenvalue weighted by Gasteiger charge is 2.03. The van der Waals surface area contributed by atoms with Gasteiger partial charge in [0, 0.05) is 26.3 Å². The molecule has 0 saturated heterocycles. The van der Waals surface area contributed by atoms with Crippen molar-refractivity contribution in [1.82, 2.24) is 20.4 Å². The number of hydrogen-bond donors (Lipinski definition) is 3. The molecule has 0 radical (unpaired) electrons. The predicted octanol–water partition coefficient (Wildman–Crippen LogP) is 0.423. The fraction of sp³-hybridized carbons (Fsp3) is 0.667. The molecule has 1 aromatic rings. The molecule has 3 N–H and O–H groups in total. The van der Waals surface area contributed by atoms with Crippen molar-refractivity contribution in [2.45, 2.75) is 32.3 Å². The minimum absolute atomic E-state index is 0.192. The van der Waals surface area contributed by atoms with Gasteiger partial charge in [-0.3, -0.25) is 4.68 Å². The molecule has 102 valence electrons. The van der Waals surface area contributed by atoms with Crippen molar-refractivity contribution < 1.29 is 9.90 Å². The summed E-state index contributed by atoms with van der Waals surface area (Å²) in [6.45, 7) is 2.99. The Hall–Kier alpha value is -1.56. The second kappa shape index (κ2) is 7.71. The lowest BCUT2D eigenvalue weighted by atomic mass is 10.2. The highest BCUT2D eigenvalue weighted by molar-refractivity contribution is 5.73. The molecule has 6 heteroatoms. The molecule has 1 atom stereocenters. The summed E-state index contributed by atoms with van der Waals surface area (Å²) in [5, 5.41) is 18.8. The van der Waals surface area contributed by atoms with Crippen LogP contribution < -0.4 is 10.6 Å². The molecule has 0 spiro atoms. The second-order valence-corrected chi connectivity index (χ2v) is 4.31. The number of carbonyl (C=O) groups excluding carboxylic acids is 1. The number of aliphatic hydroxyl groups is 1. The van der Waals surface area contributed by atoms with E-state index in [1.807, 2.05) is 20.2 Å². The minimum atomic E-state index is -0.333. The lowest BCUT2D eigenvalue weighted by Gasteiger charge is -2.09. The van der Waals surface area contributed by atoms with Gasteiger partial charge in [0.1, 0.15) is 0 Å². The molecule has 0 saturated carbocycles. The Bertz CT molecular complexity index is 365. The molecule has 0 fully saturated rings. The van der Waals surface area contributed by atoms with Crippen LogP contribution in [0.25, 0.3) is 0 Å². The van der Waals surface area contributed by atoms with Crippen molar-refractivity contribution in [3.8, 4) is 0 Å². The Morgan fingerprint density at radius 2 is 2.22 bits per heavy atom. The average molecular weight is 254 g/mol. The maximum atomic E-state index is 11.4. The van der Waals surface area contributed by atoms with Gasteiger partial charge in [0.25, 0.3) is 0 Å². The standard InChI is InChI=1S/C12H22N4O2/c1-3-11(17)5-7-14-12(18)13-6-4-10-8-15-16(2)9-10/h8-9,11,17H,3-7H2,1-2H3,(H2,13,14,18). The van der Waals surface area contributed by atoms with Crippen LogP contribution in [-0.2, 0) is 13.5 Å². The van der Waals surface area contributed by atoms with E-state index >= 15 is 0 Å². The fourth-order valence-electron chi connectivity index (χ4n) is 1.54. The van der Waals surface area contributed by atoms with Crippen molar-refractivity contribution in [1.29, 1.82) is 0 Å². The van der Waals surface area contributed by atoms with Gasteiger partial charge in [-0.05, 0) is 24.8 Å². The summed E-state index contributed by atoms with van der Waals surface area (Å²) in [7, 11) is 1.86. The molecule has 0 aliphatic carbocycles. The molecule has 6 nitrogen and oxygen atoms in total. The Balaban J connectivity index is 2.06. The van der Waals surface area contributed by atoms with Crippen LogP contribution in [0.2, 0.25) is 0 Å². The van der Waals surface area contributed by atoms with E-state index in [4.69, 9.17) is 0 Å². The largest absolute Gasteiger partial charge is 0.393 e. The number of urea groups is 1. The third-order valence-corrected chi connectivity index (χ3v) is 2.69. The summed E-state index contributed by atoms with van der Waals surface area (Å²) in [4.78, 5) is 11.4. The predicted molar refractivity (Wildman–Crippen MR) is 69.2 cm³/mol. The third kappa shape index (κ3) is 5.67. The van der Waals surface area contributed by atoms with E-state index in [1.165, 1.54) is 0 Å². The molecule has 0 bridgehead atoms. The Kier molecular flexibility index (Phi) is 6.21. The number of aromatic nitrogens is 2. The van der Waals surface area contributed by atoms with Crippen LogP contribution in [0, 0.1) is 0 Å². The fourth-order valence-corrected chi connectivity index (χ4v) is 1.54. The van der Waals surface area contributed by atoms with Crippen LogP contribution in [0.5, 0.6) is 0 Å². The Morgan fingerprint density at radius 1 is 1.50 bits per heavy atom. The van der Waals surface area contributed by atoms with E-state index in [2.05, 4.69) is 15.7 Å². The maximum absolute atomic E-state index is 11.4. The number of nitrogens with zero attached hydrogens (tertiary/aromatic N) is 2. The molecule has 0 aliphatic heterocycles. The zero-order valence-electron chi connectivity index (χ0n) is 11.0. The van der Waals surface area contributed by atoms with Crippen LogP contribution in [0.15, 0.2) is 12.4 Å². The molecule has 0 aromatic carbocycles. The van der Waals surface area contributed by atoms with E-state index in [0.29, 0.717) is 25.9 Å². The minimum Gasteiger partial charge on any atom is -0.393 e. The number of aliphatic hydroxyl groups excluding tert-OH is 1. The van der Waals surface area contributed by atoms with Crippen LogP contribution in [-0.4, -0.2) is 40.1 Å². The van der Waals surface area contributed by atoms with Crippen molar-refractivity contribution in [2.75, 3.05) is 13.1 Å². The first-order chi connectivity index (χ1) is 8.61. The third-order valence-electron chi connectivity index (χ3n) is 2.69. The molecular formula is C12H22N4O2. The van der Waals surface area contributed by atoms with Crippen molar-refractivity contribution in [2.24, 2.45) is 7.05 Å². The molecule has 1 aromatic heterocycles. The quantitative estimate of drug-likeness (QED) is 0.660. The van der Waals surface area contributed by atoms with E-state index in [0.717, 1.165) is 12.0 Å². The first-order valence-corrected chi connectivity index (χ1v) is 6.29. The number of carbonyl (C=O) groups is 1.